The Bertz CT molecular complexity index is 1150. The van der Waals surface area contributed by atoms with Crippen molar-refractivity contribution in [3.8, 4) is 17.6 Å². The summed E-state index contributed by atoms with van der Waals surface area (Å²) < 4.78 is 5.98. The van der Waals surface area contributed by atoms with Gasteiger partial charge in [-0.25, -0.2) is 0 Å². The van der Waals surface area contributed by atoms with Gasteiger partial charge in [0, 0.05) is 11.1 Å². The Labute approximate surface area is 232 Å². The van der Waals surface area contributed by atoms with Crippen LogP contribution in [0.1, 0.15) is 126 Å². The number of ether oxygens (including phenoxy) is 1. The van der Waals surface area contributed by atoms with Crippen molar-refractivity contribution in [1.82, 2.24) is 0 Å². The van der Waals surface area contributed by atoms with E-state index in [1.807, 2.05) is 0 Å². The predicted molar refractivity (Wildman–Crippen MR) is 164 cm³/mol. The standard InChI is InChI=1S/C37H48O/c1-3-5-7-9-11-27-38-37-26-25-35-28-32(19-24-36(35)29-37)14-13-31-17-22-34(23-18-31)33-20-15-30(16-21-33)12-10-8-6-4-2/h17-19,22-26,28-30,33H,3-12,15-16,20-21,27H2,1-2H3/t30-,33-. The minimum absolute atomic E-state index is 0.735. The summed E-state index contributed by atoms with van der Waals surface area (Å²) >= 11 is 0. The molecule has 3 aromatic rings. The van der Waals surface area contributed by atoms with Gasteiger partial charge in [0.1, 0.15) is 5.75 Å². The first-order valence-corrected chi connectivity index (χ1v) is 15.5. The molecule has 1 fully saturated rings. The highest BCUT2D eigenvalue weighted by Crippen LogP contribution is 2.37. The van der Waals surface area contributed by atoms with Gasteiger partial charge in [0.25, 0.3) is 0 Å². The molecular weight excluding hydrogens is 460 g/mol. The quantitative estimate of drug-likeness (QED) is 0.165. The molecule has 202 valence electrons. The molecular formula is C37H48O. The van der Waals surface area contributed by atoms with Crippen molar-refractivity contribution in [1.29, 1.82) is 0 Å². The molecule has 4 rings (SSSR count). The van der Waals surface area contributed by atoms with Crippen LogP contribution in [0.4, 0.5) is 0 Å². The summed E-state index contributed by atoms with van der Waals surface area (Å²) in [5.41, 5.74) is 3.66. The molecule has 1 aliphatic carbocycles. The monoisotopic (exact) mass is 508 g/mol. The number of hydrogen-bond donors (Lipinski definition) is 0. The van der Waals surface area contributed by atoms with Crippen LogP contribution in [0.5, 0.6) is 5.75 Å². The van der Waals surface area contributed by atoms with Gasteiger partial charge in [-0.1, -0.05) is 108 Å². The molecule has 0 amide bonds. The van der Waals surface area contributed by atoms with Crippen molar-refractivity contribution in [3.63, 3.8) is 0 Å². The molecule has 38 heavy (non-hydrogen) atoms. The van der Waals surface area contributed by atoms with Crippen LogP contribution in [0.15, 0.2) is 60.7 Å². The van der Waals surface area contributed by atoms with Gasteiger partial charge >= 0.3 is 0 Å². The molecule has 0 heterocycles. The zero-order valence-electron chi connectivity index (χ0n) is 23.9. The Balaban J connectivity index is 1.26. The molecule has 0 spiro atoms. The lowest BCUT2D eigenvalue weighted by atomic mass is 9.77. The van der Waals surface area contributed by atoms with Crippen LogP contribution in [-0.4, -0.2) is 6.61 Å². The maximum absolute atomic E-state index is 5.98. The van der Waals surface area contributed by atoms with Gasteiger partial charge in [-0.2, -0.15) is 0 Å². The number of rotatable bonds is 13. The van der Waals surface area contributed by atoms with Gasteiger partial charge in [-0.15, -0.1) is 0 Å². The number of hydrogen-bond acceptors (Lipinski definition) is 1. The number of fused-ring (bicyclic) bond motifs is 1. The van der Waals surface area contributed by atoms with Crippen LogP contribution in [0.2, 0.25) is 0 Å². The molecule has 0 bridgehead atoms. The molecule has 1 nitrogen and oxygen atoms in total. The fourth-order valence-corrected chi connectivity index (χ4v) is 5.91. The molecule has 1 heteroatoms. The lowest BCUT2D eigenvalue weighted by Gasteiger charge is -2.29. The van der Waals surface area contributed by atoms with Crippen LogP contribution in [0.25, 0.3) is 10.8 Å². The fraction of sp³-hybridized carbons (Fsp3) is 0.514. The summed E-state index contributed by atoms with van der Waals surface area (Å²) in [7, 11) is 0. The van der Waals surface area contributed by atoms with Crippen molar-refractivity contribution in [2.24, 2.45) is 5.92 Å². The van der Waals surface area contributed by atoms with E-state index in [0.717, 1.165) is 41.7 Å². The molecule has 0 aliphatic heterocycles. The first kappa shape index (κ1) is 28.3. The summed E-state index contributed by atoms with van der Waals surface area (Å²) in [6.07, 6.45) is 18.9. The van der Waals surface area contributed by atoms with Crippen molar-refractivity contribution in [2.45, 2.75) is 110 Å². The second-order valence-corrected chi connectivity index (χ2v) is 11.4. The zero-order chi connectivity index (χ0) is 26.4. The van der Waals surface area contributed by atoms with Gasteiger partial charge < -0.3 is 4.74 Å². The van der Waals surface area contributed by atoms with Gasteiger partial charge in [-0.05, 0) is 96.7 Å². The third kappa shape index (κ3) is 8.94. The van der Waals surface area contributed by atoms with Gasteiger partial charge in [-0.3, -0.25) is 0 Å². The first-order chi connectivity index (χ1) is 18.7. The van der Waals surface area contributed by atoms with Gasteiger partial charge in [0.05, 0.1) is 6.61 Å². The first-order valence-electron chi connectivity index (χ1n) is 15.5. The summed E-state index contributed by atoms with van der Waals surface area (Å²) in [6, 6.07) is 21.9. The number of benzene rings is 3. The Morgan fingerprint density at radius 3 is 2.03 bits per heavy atom. The Morgan fingerprint density at radius 2 is 1.26 bits per heavy atom. The fourth-order valence-electron chi connectivity index (χ4n) is 5.91. The van der Waals surface area contributed by atoms with E-state index in [-0.39, 0.29) is 0 Å². The van der Waals surface area contributed by atoms with Crippen molar-refractivity contribution >= 4 is 10.8 Å². The molecule has 0 saturated heterocycles. The summed E-state index contributed by atoms with van der Waals surface area (Å²) in [5.74, 6) is 9.43. The Morgan fingerprint density at radius 1 is 0.632 bits per heavy atom. The van der Waals surface area contributed by atoms with E-state index in [0.29, 0.717) is 0 Å². The topological polar surface area (TPSA) is 9.23 Å². The van der Waals surface area contributed by atoms with Gasteiger partial charge in [0.2, 0.25) is 0 Å². The van der Waals surface area contributed by atoms with Crippen molar-refractivity contribution in [3.05, 3.63) is 77.4 Å². The highest BCUT2D eigenvalue weighted by molar-refractivity contribution is 5.85. The molecule has 0 radical (unpaired) electrons. The number of unbranched alkanes of at least 4 members (excludes halogenated alkanes) is 7. The van der Waals surface area contributed by atoms with Crippen LogP contribution in [0, 0.1) is 17.8 Å². The van der Waals surface area contributed by atoms with Crippen molar-refractivity contribution in [2.75, 3.05) is 6.61 Å². The average Bonchev–Trinajstić information content (AvgIpc) is 2.96. The molecule has 0 N–H and O–H groups in total. The second-order valence-electron chi connectivity index (χ2n) is 11.4. The van der Waals surface area contributed by atoms with E-state index in [2.05, 4.69) is 86.4 Å². The summed E-state index contributed by atoms with van der Waals surface area (Å²) in [5, 5.41) is 2.42. The smallest absolute Gasteiger partial charge is 0.119 e. The molecule has 1 saturated carbocycles. The third-order valence-electron chi connectivity index (χ3n) is 8.37. The molecule has 3 aromatic carbocycles. The van der Waals surface area contributed by atoms with Gasteiger partial charge in [0.15, 0.2) is 0 Å². The lowest BCUT2D eigenvalue weighted by molar-refractivity contribution is 0.302. The summed E-state index contributed by atoms with van der Waals surface area (Å²) in [4.78, 5) is 0. The Hall–Kier alpha value is -2.72. The van der Waals surface area contributed by atoms with Crippen LogP contribution in [-0.2, 0) is 0 Å². The van der Waals surface area contributed by atoms with Crippen LogP contribution in [0.3, 0.4) is 0 Å². The van der Waals surface area contributed by atoms with E-state index < -0.39 is 0 Å². The highest BCUT2D eigenvalue weighted by Gasteiger charge is 2.21. The van der Waals surface area contributed by atoms with Crippen molar-refractivity contribution < 1.29 is 4.74 Å². The average molecular weight is 509 g/mol. The maximum atomic E-state index is 5.98. The van der Waals surface area contributed by atoms with Crippen LogP contribution >= 0.6 is 0 Å². The van der Waals surface area contributed by atoms with E-state index in [4.69, 9.17) is 4.74 Å². The molecule has 0 aromatic heterocycles. The minimum Gasteiger partial charge on any atom is -0.494 e. The SMILES string of the molecule is CCCCCCCOc1ccc2cc(C#Cc3ccc([C@H]4CC[C@H](CCCCCC)CC4)cc3)ccc2c1. The predicted octanol–water partition coefficient (Wildman–Crippen LogP) is 10.8. The molecule has 1 aliphatic rings. The largest absolute Gasteiger partial charge is 0.494 e. The van der Waals surface area contributed by atoms with E-state index in [1.165, 1.54) is 99.8 Å². The highest BCUT2D eigenvalue weighted by atomic mass is 16.5. The van der Waals surface area contributed by atoms with Crippen LogP contribution < -0.4 is 4.74 Å². The molecule has 0 unspecified atom stereocenters. The minimum atomic E-state index is 0.735. The molecule has 0 atom stereocenters. The normalized spacial score (nSPS) is 17.2. The Kier molecular flexibility index (Phi) is 11.6. The third-order valence-corrected chi connectivity index (χ3v) is 8.37. The van der Waals surface area contributed by atoms with E-state index in [1.54, 1.807) is 0 Å². The second kappa shape index (κ2) is 15.6. The zero-order valence-corrected chi connectivity index (χ0v) is 23.9. The lowest BCUT2D eigenvalue weighted by Crippen LogP contribution is -2.13. The van der Waals surface area contributed by atoms with E-state index in [9.17, 15) is 0 Å². The maximum Gasteiger partial charge on any atom is 0.119 e. The van der Waals surface area contributed by atoms with E-state index >= 15 is 0 Å². The summed E-state index contributed by atoms with van der Waals surface area (Å²) in [6.45, 7) is 5.35.